The summed E-state index contributed by atoms with van der Waals surface area (Å²) in [6.07, 6.45) is 4.24. The highest BCUT2D eigenvalue weighted by atomic mass is 16.1. The number of rotatable bonds is 9. The average molecular weight is 297 g/mol. The molecule has 0 bridgehead atoms. The summed E-state index contributed by atoms with van der Waals surface area (Å²) >= 11 is 0. The van der Waals surface area contributed by atoms with Crippen molar-refractivity contribution in [2.75, 3.05) is 13.1 Å². The van der Waals surface area contributed by atoms with Gasteiger partial charge < -0.3 is 10.6 Å². The zero-order valence-electron chi connectivity index (χ0n) is 14.1. The third kappa shape index (κ3) is 10.0. The molecule has 1 amide bonds. The molecule has 122 valence electrons. The molecule has 0 unspecified atom stereocenters. The molecule has 0 spiro atoms. The predicted octanol–water partition coefficient (Wildman–Crippen LogP) is 1.76. The van der Waals surface area contributed by atoms with Crippen LogP contribution in [0, 0.1) is 0 Å². The molecule has 0 aliphatic heterocycles. The summed E-state index contributed by atoms with van der Waals surface area (Å²) in [6.45, 7) is 12.6. The van der Waals surface area contributed by atoms with Gasteiger partial charge in [-0.15, -0.1) is 5.10 Å². The molecule has 2 N–H and O–H groups in total. The third-order valence-corrected chi connectivity index (χ3v) is 2.73. The summed E-state index contributed by atoms with van der Waals surface area (Å²) < 4.78 is 1.86. The molecule has 0 aliphatic rings. The summed E-state index contributed by atoms with van der Waals surface area (Å²) in [5.74, 6) is 0.0761. The van der Waals surface area contributed by atoms with E-state index in [0.717, 1.165) is 31.6 Å². The second kappa shape index (κ2) is 12.3. The van der Waals surface area contributed by atoms with E-state index in [1.807, 2.05) is 31.6 Å². The Hall–Kier alpha value is -1.43. The van der Waals surface area contributed by atoms with Crippen LogP contribution < -0.4 is 10.6 Å². The Morgan fingerprint density at radius 3 is 2.67 bits per heavy atom. The number of nitrogens with one attached hydrogen (secondary N) is 2. The van der Waals surface area contributed by atoms with Crippen LogP contribution in [0.4, 0.5) is 0 Å². The average Bonchev–Trinajstić information content (AvgIpc) is 2.93. The van der Waals surface area contributed by atoms with Crippen LogP contribution in [0.25, 0.3) is 0 Å². The minimum absolute atomic E-state index is 0.0761. The Balaban J connectivity index is 0.00000191. The fourth-order valence-corrected chi connectivity index (χ4v) is 1.65. The maximum atomic E-state index is 11.1. The number of aromatic nitrogens is 3. The zero-order valence-corrected chi connectivity index (χ0v) is 14.1. The molecule has 6 nitrogen and oxygen atoms in total. The topological polar surface area (TPSA) is 71.8 Å². The first-order valence-electron chi connectivity index (χ1n) is 8.01. The van der Waals surface area contributed by atoms with E-state index in [-0.39, 0.29) is 5.91 Å². The van der Waals surface area contributed by atoms with Crippen molar-refractivity contribution in [3.8, 4) is 0 Å². The van der Waals surface area contributed by atoms with Gasteiger partial charge in [0.05, 0.1) is 5.69 Å². The van der Waals surface area contributed by atoms with Gasteiger partial charge in [0.2, 0.25) is 5.91 Å². The predicted molar refractivity (Wildman–Crippen MR) is 86.1 cm³/mol. The number of hydrogen-bond acceptors (Lipinski definition) is 4. The molecule has 0 fully saturated rings. The second-order valence-corrected chi connectivity index (χ2v) is 4.89. The molecule has 0 saturated carbocycles. The number of carbonyl (C=O) groups is 1. The Morgan fingerprint density at radius 2 is 2.05 bits per heavy atom. The molecule has 0 atom stereocenters. The lowest BCUT2D eigenvalue weighted by Crippen LogP contribution is -2.24. The molecule has 1 heterocycles. The summed E-state index contributed by atoms with van der Waals surface area (Å²) in [5.41, 5.74) is 0.924. The Kier molecular flexibility index (Phi) is 11.5. The standard InChI is InChI=1S/C13H25N5O.C2H6/c1-4-13(19)15-8-6-12-10-18(17-16-12)9-5-7-14-11(2)3;1-2/h10-11,14H,4-9H2,1-3H3,(H,15,19);1-2H3. The highest BCUT2D eigenvalue weighted by Gasteiger charge is 2.02. The molecular formula is C15H31N5O. The fraction of sp³-hybridized carbons (Fsp3) is 0.800. The van der Waals surface area contributed by atoms with E-state index in [4.69, 9.17) is 0 Å². The van der Waals surface area contributed by atoms with Gasteiger partial charge in [0.15, 0.2) is 0 Å². The van der Waals surface area contributed by atoms with Crippen molar-refractivity contribution in [2.24, 2.45) is 0 Å². The fourth-order valence-electron chi connectivity index (χ4n) is 1.65. The Labute approximate surface area is 128 Å². The van der Waals surface area contributed by atoms with Gasteiger partial charge in [0, 0.05) is 38.2 Å². The first-order valence-corrected chi connectivity index (χ1v) is 8.01. The second-order valence-electron chi connectivity index (χ2n) is 4.89. The molecule has 1 rings (SSSR count). The quantitative estimate of drug-likeness (QED) is 0.681. The van der Waals surface area contributed by atoms with Crippen LogP contribution in [-0.4, -0.2) is 40.0 Å². The van der Waals surface area contributed by atoms with Crippen molar-refractivity contribution in [2.45, 2.75) is 66.5 Å². The molecule has 21 heavy (non-hydrogen) atoms. The van der Waals surface area contributed by atoms with Gasteiger partial charge >= 0.3 is 0 Å². The van der Waals surface area contributed by atoms with Crippen LogP contribution in [0.3, 0.4) is 0 Å². The molecule has 6 heteroatoms. The van der Waals surface area contributed by atoms with Crippen molar-refractivity contribution in [1.29, 1.82) is 0 Å². The minimum Gasteiger partial charge on any atom is -0.356 e. The van der Waals surface area contributed by atoms with Crippen LogP contribution >= 0.6 is 0 Å². The van der Waals surface area contributed by atoms with Crippen LogP contribution in [0.2, 0.25) is 0 Å². The van der Waals surface area contributed by atoms with Gasteiger partial charge in [-0.1, -0.05) is 39.8 Å². The number of hydrogen-bond donors (Lipinski definition) is 2. The molecule has 0 radical (unpaired) electrons. The normalized spacial score (nSPS) is 10.2. The van der Waals surface area contributed by atoms with E-state index < -0.39 is 0 Å². The summed E-state index contributed by atoms with van der Waals surface area (Å²) in [7, 11) is 0. The van der Waals surface area contributed by atoms with Gasteiger partial charge in [0.25, 0.3) is 0 Å². The van der Waals surface area contributed by atoms with Crippen LogP contribution in [0.5, 0.6) is 0 Å². The zero-order chi connectivity index (χ0) is 16.1. The Bertz CT molecular complexity index is 376. The number of carbonyl (C=O) groups excluding carboxylic acids is 1. The number of aryl methyl sites for hydroxylation is 1. The molecule has 1 aromatic rings. The van der Waals surface area contributed by atoms with E-state index in [1.54, 1.807) is 0 Å². The molecule has 0 saturated heterocycles. The van der Waals surface area contributed by atoms with Crippen molar-refractivity contribution < 1.29 is 4.79 Å². The Morgan fingerprint density at radius 1 is 1.33 bits per heavy atom. The lowest BCUT2D eigenvalue weighted by molar-refractivity contribution is -0.120. The van der Waals surface area contributed by atoms with Crippen molar-refractivity contribution in [3.05, 3.63) is 11.9 Å². The van der Waals surface area contributed by atoms with Crippen LogP contribution in [0.1, 0.15) is 53.2 Å². The van der Waals surface area contributed by atoms with Gasteiger partial charge in [-0.2, -0.15) is 0 Å². The lowest BCUT2D eigenvalue weighted by atomic mass is 10.3. The molecule has 0 aromatic carbocycles. The van der Waals surface area contributed by atoms with Gasteiger partial charge in [-0.05, 0) is 13.0 Å². The van der Waals surface area contributed by atoms with Gasteiger partial charge in [-0.3, -0.25) is 9.48 Å². The van der Waals surface area contributed by atoms with Gasteiger partial charge in [-0.25, -0.2) is 0 Å². The molecule has 1 aromatic heterocycles. The van der Waals surface area contributed by atoms with Crippen LogP contribution in [0.15, 0.2) is 6.20 Å². The van der Waals surface area contributed by atoms with E-state index in [9.17, 15) is 4.79 Å². The van der Waals surface area contributed by atoms with Crippen LogP contribution in [-0.2, 0) is 17.8 Å². The lowest BCUT2D eigenvalue weighted by Gasteiger charge is -2.06. The summed E-state index contributed by atoms with van der Waals surface area (Å²) in [6, 6.07) is 0.522. The first kappa shape index (κ1) is 19.6. The maximum absolute atomic E-state index is 11.1. The molecular weight excluding hydrogens is 266 g/mol. The van der Waals surface area contributed by atoms with E-state index in [0.29, 0.717) is 19.0 Å². The highest BCUT2D eigenvalue weighted by Crippen LogP contribution is 1.95. The summed E-state index contributed by atoms with van der Waals surface area (Å²) in [4.78, 5) is 11.1. The molecule has 0 aliphatic carbocycles. The van der Waals surface area contributed by atoms with E-state index in [2.05, 4.69) is 34.8 Å². The van der Waals surface area contributed by atoms with Gasteiger partial charge in [0.1, 0.15) is 0 Å². The highest BCUT2D eigenvalue weighted by molar-refractivity contribution is 5.75. The van der Waals surface area contributed by atoms with E-state index in [1.165, 1.54) is 0 Å². The van der Waals surface area contributed by atoms with Crippen molar-refractivity contribution in [1.82, 2.24) is 25.6 Å². The minimum atomic E-state index is 0.0761. The third-order valence-electron chi connectivity index (χ3n) is 2.73. The van der Waals surface area contributed by atoms with Crippen molar-refractivity contribution in [3.63, 3.8) is 0 Å². The monoisotopic (exact) mass is 297 g/mol. The first-order chi connectivity index (χ1) is 10.1. The van der Waals surface area contributed by atoms with E-state index >= 15 is 0 Å². The SMILES string of the molecule is CC.CCC(=O)NCCc1cn(CCCNC(C)C)nn1. The number of amides is 1. The number of nitrogens with zero attached hydrogens (tertiary/aromatic N) is 3. The smallest absolute Gasteiger partial charge is 0.219 e. The largest absolute Gasteiger partial charge is 0.356 e. The summed E-state index contributed by atoms with van der Waals surface area (Å²) in [5, 5.41) is 14.4. The maximum Gasteiger partial charge on any atom is 0.219 e. The van der Waals surface area contributed by atoms with Crippen molar-refractivity contribution >= 4 is 5.91 Å².